The number of benzene rings is 3. The third-order valence-corrected chi connectivity index (χ3v) is 9.76. The molecule has 2 aliphatic rings. The molecule has 0 spiro atoms. The number of nitrogens with zero attached hydrogens (tertiary/aromatic N) is 3. The predicted octanol–water partition coefficient (Wildman–Crippen LogP) is 3.50. The quantitative estimate of drug-likeness (QED) is 0.232. The van der Waals surface area contributed by atoms with Crippen LogP contribution in [0.1, 0.15) is 41.6 Å². The van der Waals surface area contributed by atoms with Crippen molar-refractivity contribution in [2.75, 3.05) is 6.61 Å². The van der Waals surface area contributed by atoms with Gasteiger partial charge >= 0.3 is 0 Å². The van der Waals surface area contributed by atoms with Gasteiger partial charge in [-0.05, 0) is 47.6 Å². The Balaban J connectivity index is 1.22. The van der Waals surface area contributed by atoms with Crippen LogP contribution in [-0.4, -0.2) is 64.8 Å². The number of aromatic nitrogens is 4. The van der Waals surface area contributed by atoms with Crippen LogP contribution in [0.4, 0.5) is 0 Å². The van der Waals surface area contributed by atoms with E-state index >= 15 is 0 Å². The molecular weight excluding hydrogens is 540 g/mol. The van der Waals surface area contributed by atoms with E-state index < -0.39 is 21.3 Å². The number of ether oxygens (including phenoxy) is 1. The first-order chi connectivity index (χ1) is 20.0. The number of nitrogens with one attached hydrogen (secondary N) is 3. The summed E-state index contributed by atoms with van der Waals surface area (Å²) in [7, 11) is -3.75. The Hall–Kier alpha value is -3.77. The van der Waals surface area contributed by atoms with E-state index in [0.29, 0.717) is 24.2 Å². The van der Waals surface area contributed by atoms with E-state index in [1.807, 2.05) is 66.7 Å². The molecule has 6 rings (SSSR count). The van der Waals surface area contributed by atoms with Crippen molar-refractivity contribution in [1.82, 2.24) is 30.7 Å². The molecule has 0 saturated carbocycles. The predicted molar refractivity (Wildman–Crippen MR) is 154 cm³/mol. The molecule has 3 atom stereocenters. The summed E-state index contributed by atoms with van der Waals surface area (Å²) >= 11 is 0. The smallest absolute Gasteiger partial charge is 0.215 e. The van der Waals surface area contributed by atoms with Crippen molar-refractivity contribution in [3.05, 3.63) is 90.0 Å². The van der Waals surface area contributed by atoms with Gasteiger partial charge < -0.3 is 10.1 Å². The zero-order chi connectivity index (χ0) is 28.2. The summed E-state index contributed by atoms with van der Waals surface area (Å²) in [6, 6.07) is 23.7. The van der Waals surface area contributed by atoms with E-state index in [2.05, 4.69) is 30.7 Å². The van der Waals surface area contributed by atoms with Crippen LogP contribution in [0.5, 0.6) is 0 Å². The Labute approximate surface area is 239 Å². The fourth-order valence-electron chi connectivity index (χ4n) is 5.81. The van der Waals surface area contributed by atoms with Crippen LogP contribution in [0.15, 0.2) is 78.9 Å². The van der Waals surface area contributed by atoms with Gasteiger partial charge in [0.25, 0.3) is 0 Å². The van der Waals surface area contributed by atoms with Crippen molar-refractivity contribution in [3.63, 3.8) is 0 Å². The highest BCUT2D eigenvalue weighted by Crippen LogP contribution is 2.31. The minimum absolute atomic E-state index is 0.0762. The van der Waals surface area contributed by atoms with Gasteiger partial charge in [0, 0.05) is 23.2 Å². The van der Waals surface area contributed by atoms with Crippen molar-refractivity contribution in [1.29, 1.82) is 0 Å². The third kappa shape index (κ3) is 6.28. The number of piperidine rings is 1. The van der Waals surface area contributed by atoms with Crippen LogP contribution in [-0.2, 0) is 21.4 Å². The van der Waals surface area contributed by atoms with Crippen LogP contribution in [0, 0.1) is 0 Å². The van der Waals surface area contributed by atoms with Crippen LogP contribution < -0.4 is 10.0 Å². The highest BCUT2D eigenvalue weighted by atomic mass is 32.2. The molecule has 3 aromatic carbocycles. The number of hydrogen-bond acceptors (Lipinski definition) is 8. The lowest BCUT2D eigenvalue weighted by molar-refractivity contribution is 0.0761. The minimum Gasteiger partial charge on any atom is -0.375 e. The molecule has 41 heavy (non-hydrogen) atoms. The molecule has 4 aromatic rings. The van der Waals surface area contributed by atoms with E-state index in [1.54, 1.807) is 12.1 Å². The van der Waals surface area contributed by atoms with Gasteiger partial charge in [0.15, 0.2) is 5.78 Å². The second-order valence-corrected chi connectivity index (χ2v) is 12.7. The topological polar surface area (TPSA) is 139 Å². The molecule has 3 heterocycles. The molecule has 2 fully saturated rings. The molecule has 11 heteroatoms. The minimum atomic E-state index is -3.75. The summed E-state index contributed by atoms with van der Waals surface area (Å²) in [6.45, 7) is 0.197. The van der Waals surface area contributed by atoms with Gasteiger partial charge in [-0.2, -0.15) is 5.21 Å². The summed E-state index contributed by atoms with van der Waals surface area (Å²) in [4.78, 5) is 13.7. The van der Waals surface area contributed by atoms with E-state index in [9.17, 15) is 13.2 Å². The zero-order valence-corrected chi connectivity index (χ0v) is 23.3. The Morgan fingerprint density at radius 3 is 2.29 bits per heavy atom. The first kappa shape index (κ1) is 27.4. The van der Waals surface area contributed by atoms with Crippen LogP contribution in [0.25, 0.3) is 22.5 Å². The van der Waals surface area contributed by atoms with Crippen molar-refractivity contribution in [3.8, 4) is 22.5 Å². The molecule has 1 aromatic heterocycles. The first-order valence-electron chi connectivity index (χ1n) is 13.8. The lowest BCUT2D eigenvalue weighted by Gasteiger charge is -2.30. The van der Waals surface area contributed by atoms with Gasteiger partial charge in [-0.1, -0.05) is 78.9 Å². The Morgan fingerprint density at radius 1 is 0.927 bits per heavy atom. The highest BCUT2D eigenvalue weighted by molar-refractivity contribution is 7.90. The monoisotopic (exact) mass is 572 g/mol. The number of tetrazole rings is 1. The summed E-state index contributed by atoms with van der Waals surface area (Å²) in [6.07, 6.45) is 3.07. The van der Waals surface area contributed by atoms with Gasteiger partial charge in [0.1, 0.15) is 6.04 Å². The SMILES string of the molecule is O=C(c1ccc(-c2ccccc2-c2nn[nH]n2)cc1)C(COCc1ccccc1)NS(=O)(=O)C1CC2CCC(C1)N2. The third-order valence-electron chi connectivity index (χ3n) is 7.88. The van der Waals surface area contributed by atoms with Gasteiger partial charge in [0.2, 0.25) is 15.8 Å². The number of H-pyrrole nitrogens is 1. The number of carbonyl (C=O) groups excluding carboxylic acids is 1. The number of sulfonamides is 1. The maximum absolute atomic E-state index is 13.7. The molecule has 2 aliphatic heterocycles. The molecule has 10 nitrogen and oxygen atoms in total. The van der Waals surface area contributed by atoms with Crippen LogP contribution >= 0.6 is 0 Å². The van der Waals surface area contributed by atoms with Crippen molar-refractivity contribution in [2.45, 2.75) is 55.7 Å². The molecule has 2 bridgehead atoms. The van der Waals surface area contributed by atoms with Crippen molar-refractivity contribution < 1.29 is 17.9 Å². The van der Waals surface area contributed by atoms with Crippen molar-refractivity contribution in [2.24, 2.45) is 0 Å². The Morgan fingerprint density at radius 2 is 1.61 bits per heavy atom. The standard InChI is InChI=1S/C30H32N6O4S/c37-29(22-12-10-21(11-13-22)26-8-4-5-9-27(26)30-32-35-36-33-30)28(19-40-18-20-6-2-1-3-7-20)34-41(38,39)25-16-23-14-15-24(17-25)31-23/h1-13,23-25,28,31,34H,14-19H2,(H,32,33,35,36). The van der Waals surface area contributed by atoms with Gasteiger partial charge in [0.05, 0.1) is 18.5 Å². The molecule has 3 unspecified atom stereocenters. The van der Waals surface area contributed by atoms with E-state index in [0.717, 1.165) is 35.1 Å². The largest absolute Gasteiger partial charge is 0.375 e. The number of fused-ring (bicyclic) bond motifs is 2. The fraction of sp³-hybridized carbons (Fsp3) is 0.333. The summed E-state index contributed by atoms with van der Waals surface area (Å²) < 4.78 is 35.6. The second-order valence-electron chi connectivity index (χ2n) is 10.7. The lowest BCUT2D eigenvalue weighted by atomic mass is 9.96. The molecule has 0 amide bonds. The first-order valence-corrected chi connectivity index (χ1v) is 15.4. The molecule has 2 saturated heterocycles. The number of aromatic amines is 1. The fourth-order valence-corrected chi connectivity index (χ4v) is 7.54. The second kappa shape index (κ2) is 12.0. The number of Topliss-reactive ketones (excluding diaryl/α,β-unsaturated/α-hetero) is 1. The maximum atomic E-state index is 13.7. The number of carbonyl (C=O) groups is 1. The summed E-state index contributed by atoms with van der Waals surface area (Å²) in [5, 5.41) is 17.3. The van der Waals surface area contributed by atoms with Crippen LogP contribution in [0.3, 0.4) is 0 Å². The van der Waals surface area contributed by atoms with Gasteiger partial charge in [-0.15, -0.1) is 10.2 Å². The summed E-state index contributed by atoms with van der Waals surface area (Å²) in [5.74, 6) is 0.133. The molecule has 0 aliphatic carbocycles. The summed E-state index contributed by atoms with van der Waals surface area (Å²) in [5.41, 5.74) is 3.89. The highest BCUT2D eigenvalue weighted by Gasteiger charge is 2.41. The lowest BCUT2D eigenvalue weighted by Crippen LogP contribution is -2.51. The van der Waals surface area contributed by atoms with Crippen LogP contribution in [0.2, 0.25) is 0 Å². The normalized spacial score (nSPS) is 21.0. The maximum Gasteiger partial charge on any atom is 0.215 e. The van der Waals surface area contributed by atoms with E-state index in [4.69, 9.17) is 4.74 Å². The molecule has 0 radical (unpaired) electrons. The number of ketones is 1. The van der Waals surface area contributed by atoms with Crippen molar-refractivity contribution >= 4 is 15.8 Å². The molecular formula is C30H32N6O4S. The molecule has 3 N–H and O–H groups in total. The van der Waals surface area contributed by atoms with Gasteiger partial charge in [-0.25, -0.2) is 13.1 Å². The molecule has 212 valence electrons. The average Bonchev–Trinajstić information content (AvgIpc) is 3.66. The average molecular weight is 573 g/mol. The Kier molecular flexibility index (Phi) is 8.02. The number of hydrogen-bond donors (Lipinski definition) is 3. The van der Waals surface area contributed by atoms with Gasteiger partial charge in [-0.3, -0.25) is 4.79 Å². The van der Waals surface area contributed by atoms with E-state index in [-0.39, 0.29) is 31.1 Å². The number of rotatable bonds is 11. The Bertz CT molecular complexity index is 1570. The van der Waals surface area contributed by atoms with E-state index in [1.165, 1.54) is 0 Å². The zero-order valence-electron chi connectivity index (χ0n) is 22.4.